The van der Waals surface area contributed by atoms with Gasteiger partial charge in [-0.3, -0.25) is 0 Å². The highest BCUT2D eigenvalue weighted by Crippen LogP contribution is 2.23. The van der Waals surface area contributed by atoms with Crippen molar-refractivity contribution in [2.24, 2.45) is 0 Å². The van der Waals surface area contributed by atoms with Crippen LogP contribution in [0.4, 0.5) is 5.95 Å². The van der Waals surface area contributed by atoms with Crippen LogP contribution in [0.25, 0.3) is 0 Å². The van der Waals surface area contributed by atoms with Crippen molar-refractivity contribution in [3.05, 3.63) is 33.8 Å². The second-order valence-corrected chi connectivity index (χ2v) is 5.59. The molecule has 0 bridgehead atoms. The molecule has 0 aliphatic rings. The first-order valence-corrected chi connectivity index (χ1v) is 6.24. The van der Waals surface area contributed by atoms with E-state index in [0.717, 1.165) is 12.1 Å². The lowest BCUT2D eigenvalue weighted by molar-refractivity contribution is 0.555. The van der Waals surface area contributed by atoms with Crippen molar-refractivity contribution in [3.63, 3.8) is 0 Å². The molecule has 16 heavy (non-hydrogen) atoms. The van der Waals surface area contributed by atoms with E-state index in [4.69, 9.17) is 5.73 Å². The third kappa shape index (κ3) is 2.27. The van der Waals surface area contributed by atoms with E-state index in [1.54, 1.807) is 0 Å². The molecule has 1 atom stereocenters. The molecule has 2 aromatic heterocycles. The van der Waals surface area contributed by atoms with Crippen LogP contribution in [0.3, 0.4) is 0 Å². The maximum Gasteiger partial charge on any atom is 0.200 e. The third-order valence-corrected chi connectivity index (χ3v) is 3.67. The zero-order valence-electron chi connectivity index (χ0n) is 9.90. The van der Waals surface area contributed by atoms with Crippen LogP contribution in [0.5, 0.6) is 0 Å². The van der Waals surface area contributed by atoms with Gasteiger partial charge in [0, 0.05) is 28.4 Å². The molecule has 2 rings (SSSR count). The second kappa shape index (κ2) is 4.29. The van der Waals surface area contributed by atoms with E-state index < -0.39 is 0 Å². The van der Waals surface area contributed by atoms with E-state index in [2.05, 4.69) is 31.0 Å². The maximum atomic E-state index is 5.86. The van der Waals surface area contributed by atoms with E-state index in [-0.39, 0.29) is 0 Å². The fourth-order valence-electron chi connectivity index (χ4n) is 1.87. The van der Waals surface area contributed by atoms with Crippen molar-refractivity contribution in [2.45, 2.75) is 33.2 Å². The van der Waals surface area contributed by atoms with Gasteiger partial charge >= 0.3 is 0 Å². The molecule has 0 amide bonds. The largest absolute Gasteiger partial charge is 0.369 e. The van der Waals surface area contributed by atoms with Crippen molar-refractivity contribution in [1.29, 1.82) is 0 Å². The van der Waals surface area contributed by atoms with Crippen LogP contribution in [0.15, 0.2) is 18.3 Å². The molecule has 0 saturated heterocycles. The Morgan fingerprint density at radius 2 is 2.19 bits per heavy atom. The average Bonchev–Trinajstić information content (AvgIpc) is 2.73. The number of hydrogen-bond donors (Lipinski definition) is 1. The van der Waals surface area contributed by atoms with Gasteiger partial charge in [0.25, 0.3) is 0 Å². The van der Waals surface area contributed by atoms with Gasteiger partial charge in [0.1, 0.15) is 0 Å². The first-order valence-electron chi connectivity index (χ1n) is 5.42. The monoisotopic (exact) mass is 235 g/mol. The van der Waals surface area contributed by atoms with Gasteiger partial charge in [-0.25, -0.2) is 4.98 Å². The van der Waals surface area contributed by atoms with Gasteiger partial charge < -0.3 is 10.3 Å². The Kier molecular flexibility index (Phi) is 3.01. The predicted molar refractivity (Wildman–Crippen MR) is 68.8 cm³/mol. The number of nitrogens with two attached hydrogens (primary N) is 1. The summed E-state index contributed by atoms with van der Waals surface area (Å²) in [6, 6.07) is 4.71. The van der Waals surface area contributed by atoms with Crippen molar-refractivity contribution >= 4 is 17.3 Å². The number of rotatable bonds is 3. The van der Waals surface area contributed by atoms with Crippen LogP contribution in [0, 0.1) is 13.8 Å². The zero-order chi connectivity index (χ0) is 11.7. The number of nitrogen functional groups attached to an aromatic ring is 1. The van der Waals surface area contributed by atoms with Crippen molar-refractivity contribution in [2.75, 3.05) is 5.73 Å². The minimum absolute atomic E-state index is 0.360. The Morgan fingerprint density at radius 3 is 2.69 bits per heavy atom. The number of aryl methyl sites for hydroxylation is 2. The molecule has 0 spiro atoms. The summed E-state index contributed by atoms with van der Waals surface area (Å²) in [7, 11) is 0. The van der Waals surface area contributed by atoms with Crippen LogP contribution in [0.2, 0.25) is 0 Å². The lowest BCUT2D eigenvalue weighted by atomic mass is 10.2. The molecule has 2 heterocycles. The van der Waals surface area contributed by atoms with Crippen LogP contribution < -0.4 is 5.73 Å². The number of hydrogen-bond acceptors (Lipinski definition) is 3. The summed E-state index contributed by atoms with van der Waals surface area (Å²) in [5, 5.41) is 0. The second-order valence-electron chi connectivity index (χ2n) is 4.21. The van der Waals surface area contributed by atoms with Gasteiger partial charge in [-0.15, -0.1) is 11.3 Å². The van der Waals surface area contributed by atoms with Crippen molar-refractivity contribution in [3.8, 4) is 0 Å². The molecule has 1 unspecified atom stereocenters. The maximum absolute atomic E-state index is 5.86. The number of thiophene rings is 1. The van der Waals surface area contributed by atoms with Gasteiger partial charge in [-0.2, -0.15) is 0 Å². The Hall–Kier alpha value is -1.29. The van der Waals surface area contributed by atoms with Gasteiger partial charge in [0.15, 0.2) is 0 Å². The smallest absolute Gasteiger partial charge is 0.200 e. The predicted octanol–water partition coefficient (Wildman–Crippen LogP) is 2.95. The Bertz CT molecular complexity index is 484. The molecule has 2 aromatic rings. The normalized spacial score (nSPS) is 12.9. The van der Waals surface area contributed by atoms with E-state index in [9.17, 15) is 0 Å². The molecular formula is C12H17N3S. The zero-order valence-corrected chi connectivity index (χ0v) is 10.7. The number of imidazole rings is 1. The average molecular weight is 235 g/mol. The summed E-state index contributed by atoms with van der Waals surface area (Å²) in [5.74, 6) is 0.610. The number of aromatic nitrogens is 2. The summed E-state index contributed by atoms with van der Waals surface area (Å²) < 4.78 is 2.05. The lowest BCUT2D eigenvalue weighted by Crippen LogP contribution is -2.09. The number of nitrogens with zero attached hydrogens (tertiary/aromatic N) is 2. The van der Waals surface area contributed by atoms with E-state index in [0.29, 0.717) is 12.0 Å². The summed E-state index contributed by atoms with van der Waals surface area (Å²) >= 11 is 1.85. The summed E-state index contributed by atoms with van der Waals surface area (Å²) in [5.41, 5.74) is 6.83. The van der Waals surface area contributed by atoms with E-state index in [1.165, 1.54) is 9.75 Å². The Labute approximate surface area is 99.9 Å². The Morgan fingerprint density at radius 1 is 1.44 bits per heavy atom. The van der Waals surface area contributed by atoms with Gasteiger partial charge in [-0.05, 0) is 32.9 Å². The van der Waals surface area contributed by atoms with Crippen LogP contribution in [-0.4, -0.2) is 9.55 Å². The first-order chi connectivity index (χ1) is 7.56. The molecule has 2 N–H and O–H groups in total. The van der Waals surface area contributed by atoms with Gasteiger partial charge in [-0.1, -0.05) is 0 Å². The van der Waals surface area contributed by atoms with E-state index in [1.807, 2.05) is 29.0 Å². The van der Waals surface area contributed by atoms with Crippen LogP contribution >= 0.6 is 11.3 Å². The molecule has 0 radical (unpaired) electrons. The third-order valence-electron chi connectivity index (χ3n) is 2.65. The minimum Gasteiger partial charge on any atom is -0.369 e. The highest BCUT2D eigenvalue weighted by Gasteiger charge is 2.11. The van der Waals surface area contributed by atoms with Crippen molar-refractivity contribution < 1.29 is 0 Å². The standard InChI is InChI=1S/C12H17N3S/c1-8-7-15(12(13)14-8)9(2)6-11-5-4-10(3)16-11/h4-5,7,9H,6H2,1-3H3,(H2,13,14). The fourth-order valence-corrected chi connectivity index (χ4v) is 2.88. The molecule has 0 fully saturated rings. The minimum atomic E-state index is 0.360. The van der Waals surface area contributed by atoms with Crippen LogP contribution in [0.1, 0.15) is 28.4 Å². The van der Waals surface area contributed by atoms with Gasteiger partial charge in [0.2, 0.25) is 5.95 Å². The summed E-state index contributed by atoms with van der Waals surface area (Å²) in [6.45, 7) is 6.27. The molecular weight excluding hydrogens is 218 g/mol. The van der Waals surface area contributed by atoms with E-state index >= 15 is 0 Å². The van der Waals surface area contributed by atoms with Crippen LogP contribution in [-0.2, 0) is 6.42 Å². The first kappa shape index (κ1) is 11.2. The number of anilines is 1. The fraction of sp³-hybridized carbons (Fsp3) is 0.417. The highest BCUT2D eigenvalue weighted by atomic mass is 32.1. The highest BCUT2D eigenvalue weighted by molar-refractivity contribution is 7.11. The molecule has 0 saturated carbocycles. The summed E-state index contributed by atoms with van der Waals surface area (Å²) in [6.07, 6.45) is 3.03. The Balaban J connectivity index is 2.14. The molecule has 4 heteroatoms. The SMILES string of the molecule is Cc1cn(C(C)Cc2ccc(C)s2)c(N)n1. The quantitative estimate of drug-likeness (QED) is 0.889. The van der Waals surface area contributed by atoms with Gasteiger partial charge in [0.05, 0.1) is 5.69 Å². The molecule has 0 aromatic carbocycles. The molecule has 0 aliphatic heterocycles. The lowest BCUT2D eigenvalue weighted by Gasteiger charge is -2.13. The molecule has 3 nitrogen and oxygen atoms in total. The van der Waals surface area contributed by atoms with Crippen molar-refractivity contribution in [1.82, 2.24) is 9.55 Å². The molecule has 0 aliphatic carbocycles. The molecule has 86 valence electrons. The topological polar surface area (TPSA) is 43.8 Å². The summed E-state index contributed by atoms with van der Waals surface area (Å²) in [4.78, 5) is 6.98.